The molecule has 0 radical (unpaired) electrons. The summed E-state index contributed by atoms with van der Waals surface area (Å²) in [6.45, 7) is 0. The fourth-order valence-electron chi connectivity index (χ4n) is 3.59. The molecule has 2 unspecified atom stereocenters. The Kier molecular flexibility index (Phi) is 2.02. The Morgan fingerprint density at radius 2 is 1.78 bits per heavy atom. The molecule has 0 saturated heterocycles. The zero-order chi connectivity index (χ0) is 12.5. The molecule has 0 spiro atoms. The van der Waals surface area contributed by atoms with E-state index in [0.717, 1.165) is 18.7 Å². The SMILES string of the molecule is NS(=O)(=O)c1nnc(C2C3CCCC32)n1C1CC1. The highest BCUT2D eigenvalue weighted by Gasteiger charge is 2.56. The second-order valence-corrected chi connectivity index (χ2v) is 7.23. The lowest BCUT2D eigenvalue weighted by Gasteiger charge is -2.08. The van der Waals surface area contributed by atoms with Gasteiger partial charge in [0, 0.05) is 12.0 Å². The second-order valence-electron chi connectivity index (χ2n) is 5.77. The summed E-state index contributed by atoms with van der Waals surface area (Å²) in [6.07, 6.45) is 5.81. The van der Waals surface area contributed by atoms with Crippen LogP contribution < -0.4 is 5.14 Å². The molecule has 4 rings (SSSR count). The highest BCUT2D eigenvalue weighted by molar-refractivity contribution is 7.89. The van der Waals surface area contributed by atoms with E-state index in [1.54, 1.807) is 4.57 Å². The first kappa shape index (κ1) is 10.9. The van der Waals surface area contributed by atoms with Gasteiger partial charge in [-0.25, -0.2) is 13.6 Å². The van der Waals surface area contributed by atoms with Crippen molar-refractivity contribution in [3.63, 3.8) is 0 Å². The van der Waals surface area contributed by atoms with Crippen LogP contribution in [0.4, 0.5) is 0 Å². The quantitative estimate of drug-likeness (QED) is 0.876. The second kappa shape index (κ2) is 3.33. The summed E-state index contributed by atoms with van der Waals surface area (Å²) in [5.74, 6) is 2.72. The molecule has 3 saturated carbocycles. The molecule has 6 nitrogen and oxygen atoms in total. The molecular weight excluding hydrogens is 252 g/mol. The number of nitrogens with zero attached hydrogens (tertiary/aromatic N) is 3. The highest BCUT2D eigenvalue weighted by Crippen LogP contribution is 2.63. The van der Waals surface area contributed by atoms with Gasteiger partial charge in [0.25, 0.3) is 15.2 Å². The minimum Gasteiger partial charge on any atom is -0.297 e. The molecule has 2 atom stereocenters. The van der Waals surface area contributed by atoms with Crippen LogP contribution in [-0.4, -0.2) is 23.2 Å². The topological polar surface area (TPSA) is 90.9 Å². The number of nitrogens with two attached hydrogens (primary N) is 1. The Bertz CT molecular complexity index is 595. The molecule has 0 aliphatic heterocycles. The first-order chi connectivity index (χ1) is 8.57. The monoisotopic (exact) mass is 268 g/mol. The number of rotatable bonds is 3. The van der Waals surface area contributed by atoms with Crippen LogP contribution in [0.25, 0.3) is 0 Å². The Morgan fingerprint density at radius 1 is 1.11 bits per heavy atom. The Morgan fingerprint density at radius 3 is 2.33 bits per heavy atom. The van der Waals surface area contributed by atoms with Crippen molar-refractivity contribution in [2.45, 2.75) is 49.2 Å². The Labute approximate surface area is 106 Å². The van der Waals surface area contributed by atoms with E-state index in [4.69, 9.17) is 5.14 Å². The van der Waals surface area contributed by atoms with Gasteiger partial charge in [0.15, 0.2) is 0 Å². The van der Waals surface area contributed by atoms with Crippen LogP contribution in [0.3, 0.4) is 0 Å². The van der Waals surface area contributed by atoms with E-state index in [9.17, 15) is 8.42 Å². The molecule has 3 aliphatic rings. The van der Waals surface area contributed by atoms with Crippen molar-refractivity contribution < 1.29 is 8.42 Å². The number of fused-ring (bicyclic) bond motifs is 1. The number of aromatic nitrogens is 3. The first-order valence-electron chi connectivity index (χ1n) is 6.55. The van der Waals surface area contributed by atoms with Crippen molar-refractivity contribution in [2.24, 2.45) is 17.0 Å². The molecule has 1 aromatic rings. The average molecular weight is 268 g/mol. The largest absolute Gasteiger partial charge is 0.297 e. The van der Waals surface area contributed by atoms with Crippen molar-refractivity contribution in [1.82, 2.24) is 14.8 Å². The van der Waals surface area contributed by atoms with Crippen molar-refractivity contribution in [3.05, 3.63) is 5.82 Å². The molecule has 0 aromatic carbocycles. The van der Waals surface area contributed by atoms with Crippen molar-refractivity contribution >= 4 is 10.0 Å². The minimum atomic E-state index is -3.76. The molecule has 1 heterocycles. The van der Waals surface area contributed by atoms with Gasteiger partial charge in [0.1, 0.15) is 5.82 Å². The summed E-state index contributed by atoms with van der Waals surface area (Å²) >= 11 is 0. The number of hydrogen-bond acceptors (Lipinski definition) is 4. The van der Waals surface area contributed by atoms with Gasteiger partial charge < -0.3 is 0 Å². The van der Waals surface area contributed by atoms with Gasteiger partial charge in [-0.15, -0.1) is 10.2 Å². The van der Waals surface area contributed by atoms with Crippen molar-refractivity contribution in [1.29, 1.82) is 0 Å². The van der Waals surface area contributed by atoms with Crippen LogP contribution in [0.1, 0.15) is 49.9 Å². The number of hydrogen-bond donors (Lipinski definition) is 1. The molecular formula is C11H16N4O2S. The van der Waals surface area contributed by atoms with E-state index >= 15 is 0 Å². The van der Waals surface area contributed by atoms with E-state index < -0.39 is 10.0 Å². The third kappa shape index (κ3) is 1.46. The molecule has 7 heteroatoms. The molecule has 18 heavy (non-hydrogen) atoms. The number of primary sulfonamides is 1. The van der Waals surface area contributed by atoms with Gasteiger partial charge in [0.2, 0.25) is 0 Å². The lowest BCUT2D eigenvalue weighted by atomic mass is 10.1. The average Bonchev–Trinajstić information content (AvgIpc) is 3.16. The molecule has 0 amide bonds. The van der Waals surface area contributed by atoms with Crippen LogP contribution in [0.5, 0.6) is 0 Å². The van der Waals surface area contributed by atoms with Gasteiger partial charge >= 0.3 is 0 Å². The zero-order valence-corrected chi connectivity index (χ0v) is 10.8. The predicted molar refractivity (Wildman–Crippen MR) is 63.2 cm³/mol. The summed E-state index contributed by atoms with van der Waals surface area (Å²) in [5.41, 5.74) is 0. The summed E-state index contributed by atoms with van der Waals surface area (Å²) < 4.78 is 24.9. The maximum absolute atomic E-state index is 11.5. The lowest BCUT2D eigenvalue weighted by molar-refractivity contribution is 0.548. The van der Waals surface area contributed by atoms with Gasteiger partial charge in [-0.05, 0) is 37.5 Å². The van der Waals surface area contributed by atoms with Gasteiger partial charge in [-0.2, -0.15) is 0 Å². The molecule has 2 N–H and O–H groups in total. The van der Waals surface area contributed by atoms with E-state index in [1.807, 2.05) is 0 Å². The molecule has 1 aromatic heterocycles. The van der Waals surface area contributed by atoms with E-state index in [0.29, 0.717) is 17.8 Å². The third-order valence-corrected chi connectivity index (χ3v) is 5.35. The fourth-order valence-corrected chi connectivity index (χ4v) is 4.26. The molecule has 3 fully saturated rings. The van der Waals surface area contributed by atoms with Crippen LogP contribution in [0.15, 0.2) is 5.16 Å². The van der Waals surface area contributed by atoms with Crippen molar-refractivity contribution in [2.75, 3.05) is 0 Å². The smallest absolute Gasteiger partial charge is 0.273 e. The van der Waals surface area contributed by atoms with E-state index in [2.05, 4.69) is 10.2 Å². The highest BCUT2D eigenvalue weighted by atomic mass is 32.2. The zero-order valence-electron chi connectivity index (χ0n) is 9.99. The first-order valence-corrected chi connectivity index (χ1v) is 8.09. The maximum Gasteiger partial charge on any atom is 0.273 e. The maximum atomic E-state index is 11.5. The summed E-state index contributed by atoms with van der Waals surface area (Å²) in [7, 11) is -3.76. The van der Waals surface area contributed by atoms with Crippen LogP contribution in [0, 0.1) is 11.8 Å². The van der Waals surface area contributed by atoms with Crippen LogP contribution in [-0.2, 0) is 10.0 Å². The van der Waals surface area contributed by atoms with E-state index in [-0.39, 0.29) is 11.2 Å². The fraction of sp³-hybridized carbons (Fsp3) is 0.818. The summed E-state index contributed by atoms with van der Waals surface area (Å²) in [5, 5.41) is 13.2. The van der Waals surface area contributed by atoms with Crippen molar-refractivity contribution in [3.8, 4) is 0 Å². The number of sulfonamides is 1. The predicted octanol–water partition coefficient (Wildman–Crippen LogP) is 0.774. The van der Waals surface area contributed by atoms with E-state index in [1.165, 1.54) is 19.3 Å². The lowest BCUT2D eigenvalue weighted by Crippen LogP contribution is -2.19. The van der Waals surface area contributed by atoms with Crippen LogP contribution in [0.2, 0.25) is 0 Å². The molecule has 98 valence electrons. The minimum absolute atomic E-state index is 0.0371. The third-order valence-electron chi connectivity index (χ3n) is 4.56. The Balaban J connectivity index is 1.78. The summed E-state index contributed by atoms with van der Waals surface area (Å²) in [6, 6.07) is 0.254. The van der Waals surface area contributed by atoms with Crippen LogP contribution >= 0.6 is 0 Å². The Hall–Kier alpha value is -0.950. The normalized spacial score (nSPS) is 34.6. The van der Waals surface area contributed by atoms with Gasteiger partial charge in [0.05, 0.1) is 0 Å². The molecule has 0 bridgehead atoms. The van der Waals surface area contributed by atoms with Gasteiger partial charge in [-0.1, -0.05) is 6.42 Å². The molecule has 3 aliphatic carbocycles. The summed E-state index contributed by atoms with van der Waals surface area (Å²) in [4.78, 5) is 0. The standard InChI is InChI=1S/C11H16N4O2S/c12-18(16,17)11-14-13-10(15(11)6-4-5-6)9-7-2-1-3-8(7)9/h6-9H,1-5H2,(H2,12,16,17). The van der Waals surface area contributed by atoms with Gasteiger partial charge in [-0.3, -0.25) is 4.57 Å².